The quantitative estimate of drug-likeness (QED) is 0.894. The lowest BCUT2D eigenvalue weighted by Crippen LogP contribution is -2.14. The van der Waals surface area contributed by atoms with Crippen molar-refractivity contribution in [2.75, 3.05) is 4.72 Å². The summed E-state index contributed by atoms with van der Waals surface area (Å²) >= 11 is 0.913. The Hall–Kier alpha value is -1.87. The van der Waals surface area contributed by atoms with Crippen LogP contribution < -0.4 is 4.72 Å². The van der Waals surface area contributed by atoms with Gasteiger partial charge in [0.05, 0.1) is 0 Å². The van der Waals surface area contributed by atoms with Gasteiger partial charge in [-0.3, -0.25) is 4.72 Å². The number of carboxylic acid groups (broad SMARTS) is 1. The zero-order valence-corrected chi connectivity index (χ0v) is 12.6. The number of rotatable bonds is 4. The van der Waals surface area contributed by atoms with Crippen molar-refractivity contribution in [2.45, 2.75) is 25.7 Å². The lowest BCUT2D eigenvalue weighted by molar-refractivity contribution is 0.0702. The van der Waals surface area contributed by atoms with E-state index in [1.807, 2.05) is 0 Å². The van der Waals surface area contributed by atoms with Gasteiger partial charge in [-0.25, -0.2) is 13.2 Å². The van der Waals surface area contributed by atoms with Crippen LogP contribution in [-0.2, 0) is 10.0 Å². The minimum Gasteiger partial charge on any atom is -0.477 e. The molecule has 0 fully saturated rings. The second kappa shape index (κ2) is 4.91. The SMILES string of the molecule is Cc1noc(C)c1NS(=O)(=O)c1cc(C(=O)O)sc1C. The molecule has 0 bridgehead atoms. The van der Waals surface area contributed by atoms with Crippen LogP contribution in [0.25, 0.3) is 0 Å². The highest BCUT2D eigenvalue weighted by Gasteiger charge is 2.24. The molecule has 7 nitrogen and oxygen atoms in total. The number of nitrogens with one attached hydrogen (secondary N) is 1. The molecule has 2 N–H and O–H groups in total. The van der Waals surface area contributed by atoms with Crippen molar-refractivity contribution in [1.29, 1.82) is 0 Å². The van der Waals surface area contributed by atoms with E-state index in [2.05, 4.69) is 9.88 Å². The molecule has 2 rings (SSSR count). The van der Waals surface area contributed by atoms with Gasteiger partial charge in [0.25, 0.3) is 10.0 Å². The summed E-state index contributed by atoms with van der Waals surface area (Å²) < 4.78 is 31.8. The van der Waals surface area contributed by atoms with Crippen LogP contribution in [0.1, 0.15) is 26.0 Å². The average Bonchev–Trinajstić information content (AvgIpc) is 2.87. The van der Waals surface area contributed by atoms with Crippen LogP contribution in [0.2, 0.25) is 0 Å². The third kappa shape index (κ3) is 2.54. The van der Waals surface area contributed by atoms with Crippen molar-refractivity contribution in [3.63, 3.8) is 0 Å². The molecule has 0 radical (unpaired) electrons. The van der Waals surface area contributed by atoms with Gasteiger partial charge < -0.3 is 9.63 Å². The normalized spacial score (nSPS) is 11.6. The van der Waals surface area contributed by atoms with E-state index in [9.17, 15) is 13.2 Å². The molecule has 0 saturated carbocycles. The highest BCUT2D eigenvalue weighted by Crippen LogP contribution is 2.29. The molecule has 20 heavy (non-hydrogen) atoms. The number of nitrogens with zero attached hydrogens (tertiary/aromatic N) is 1. The molecule has 0 saturated heterocycles. The van der Waals surface area contributed by atoms with E-state index < -0.39 is 16.0 Å². The lowest BCUT2D eigenvalue weighted by Gasteiger charge is -2.06. The van der Waals surface area contributed by atoms with E-state index in [0.717, 1.165) is 17.4 Å². The summed E-state index contributed by atoms with van der Waals surface area (Å²) in [6, 6.07) is 1.14. The first kappa shape index (κ1) is 14.5. The molecule has 0 aliphatic carbocycles. The molecule has 108 valence electrons. The smallest absolute Gasteiger partial charge is 0.345 e. The summed E-state index contributed by atoms with van der Waals surface area (Å²) in [4.78, 5) is 11.2. The summed E-state index contributed by atoms with van der Waals surface area (Å²) in [7, 11) is -3.87. The van der Waals surface area contributed by atoms with Crippen molar-refractivity contribution in [2.24, 2.45) is 0 Å². The average molecular weight is 316 g/mol. The Labute approximate surface area is 119 Å². The molecule has 0 aliphatic rings. The van der Waals surface area contributed by atoms with Crippen LogP contribution in [-0.4, -0.2) is 24.7 Å². The molecular formula is C11H12N2O5S2. The Morgan fingerprint density at radius 1 is 1.40 bits per heavy atom. The fourth-order valence-corrected chi connectivity index (χ4v) is 4.26. The molecule has 0 spiro atoms. The van der Waals surface area contributed by atoms with Crippen LogP contribution in [0.4, 0.5) is 5.69 Å². The number of hydrogen-bond acceptors (Lipinski definition) is 6. The number of carboxylic acids is 1. The molecular weight excluding hydrogens is 304 g/mol. The van der Waals surface area contributed by atoms with Crippen molar-refractivity contribution >= 4 is 33.0 Å². The van der Waals surface area contributed by atoms with Crippen molar-refractivity contribution in [3.8, 4) is 0 Å². The zero-order chi connectivity index (χ0) is 15.1. The maximum Gasteiger partial charge on any atom is 0.345 e. The number of anilines is 1. The van der Waals surface area contributed by atoms with Gasteiger partial charge in [0.15, 0.2) is 5.76 Å². The molecule has 2 heterocycles. The molecule has 0 aromatic carbocycles. The summed E-state index contributed by atoms with van der Waals surface area (Å²) in [5.41, 5.74) is 0.685. The van der Waals surface area contributed by atoms with E-state index in [4.69, 9.17) is 9.63 Å². The summed E-state index contributed by atoms with van der Waals surface area (Å²) in [6.07, 6.45) is 0. The van der Waals surface area contributed by atoms with Gasteiger partial charge in [-0.1, -0.05) is 5.16 Å². The third-order valence-corrected chi connectivity index (χ3v) is 5.29. The Bertz CT molecular complexity index is 753. The molecule has 0 unspecified atom stereocenters. The van der Waals surface area contributed by atoms with E-state index in [1.54, 1.807) is 20.8 Å². The molecule has 0 aliphatic heterocycles. The van der Waals surface area contributed by atoms with E-state index in [-0.39, 0.29) is 15.5 Å². The molecule has 0 atom stereocenters. The third-order valence-electron chi connectivity index (χ3n) is 2.64. The second-order valence-corrected chi connectivity index (χ2v) is 7.05. The van der Waals surface area contributed by atoms with Gasteiger partial charge in [-0.05, 0) is 26.8 Å². The number of carbonyl (C=O) groups is 1. The lowest BCUT2D eigenvalue weighted by atomic mass is 10.3. The molecule has 2 aromatic rings. The van der Waals surface area contributed by atoms with Gasteiger partial charge in [-0.2, -0.15) is 0 Å². The summed E-state index contributed by atoms with van der Waals surface area (Å²) in [5.74, 6) is -0.811. The van der Waals surface area contributed by atoms with Gasteiger partial charge in [-0.15, -0.1) is 11.3 Å². The van der Waals surface area contributed by atoms with E-state index >= 15 is 0 Å². The molecule has 2 aromatic heterocycles. The number of aromatic nitrogens is 1. The largest absolute Gasteiger partial charge is 0.477 e. The fourth-order valence-electron chi connectivity index (χ4n) is 1.66. The maximum absolute atomic E-state index is 12.3. The summed E-state index contributed by atoms with van der Waals surface area (Å²) in [5, 5.41) is 12.6. The van der Waals surface area contributed by atoms with E-state index in [1.165, 1.54) is 0 Å². The van der Waals surface area contributed by atoms with Gasteiger partial charge in [0, 0.05) is 4.88 Å². The number of sulfonamides is 1. The first-order valence-corrected chi connectivity index (χ1v) is 7.81. The monoisotopic (exact) mass is 316 g/mol. The van der Waals surface area contributed by atoms with Crippen molar-refractivity contribution in [1.82, 2.24) is 5.16 Å². The minimum absolute atomic E-state index is 0.0263. The Morgan fingerprint density at radius 2 is 2.05 bits per heavy atom. The van der Waals surface area contributed by atoms with Gasteiger partial charge in [0.2, 0.25) is 0 Å². The van der Waals surface area contributed by atoms with Crippen LogP contribution >= 0.6 is 11.3 Å². The second-order valence-electron chi connectivity index (χ2n) is 4.14. The topological polar surface area (TPSA) is 110 Å². The van der Waals surface area contributed by atoms with Crippen LogP contribution in [0.15, 0.2) is 15.5 Å². The number of aromatic carboxylic acids is 1. The van der Waals surface area contributed by atoms with Gasteiger partial charge in [0.1, 0.15) is 21.2 Å². The van der Waals surface area contributed by atoms with E-state index in [0.29, 0.717) is 16.3 Å². The van der Waals surface area contributed by atoms with Crippen molar-refractivity contribution in [3.05, 3.63) is 27.3 Å². The predicted octanol–water partition coefficient (Wildman–Crippen LogP) is 2.16. The van der Waals surface area contributed by atoms with Crippen LogP contribution in [0, 0.1) is 20.8 Å². The maximum atomic E-state index is 12.3. The predicted molar refractivity (Wildman–Crippen MR) is 72.8 cm³/mol. The Balaban J connectivity index is 2.43. The highest BCUT2D eigenvalue weighted by molar-refractivity contribution is 7.93. The Morgan fingerprint density at radius 3 is 2.50 bits per heavy atom. The van der Waals surface area contributed by atoms with Crippen molar-refractivity contribution < 1.29 is 22.8 Å². The number of aryl methyl sites for hydroxylation is 3. The Kier molecular flexibility index (Phi) is 3.57. The number of thiophene rings is 1. The van der Waals surface area contributed by atoms with Crippen LogP contribution in [0.3, 0.4) is 0 Å². The summed E-state index contributed by atoms with van der Waals surface area (Å²) in [6.45, 7) is 4.75. The first-order valence-electron chi connectivity index (χ1n) is 5.52. The standard InChI is InChI=1S/C11H12N2O5S2/c1-5-10(6(2)18-12-5)13-20(16,17)9-4-8(11(14)15)19-7(9)3/h4,13H,1-3H3,(H,14,15). The highest BCUT2D eigenvalue weighted by atomic mass is 32.2. The minimum atomic E-state index is -3.87. The number of hydrogen-bond donors (Lipinski definition) is 2. The first-order chi connectivity index (χ1) is 9.22. The zero-order valence-electron chi connectivity index (χ0n) is 10.9. The molecule has 0 amide bonds. The van der Waals surface area contributed by atoms with Crippen LogP contribution in [0.5, 0.6) is 0 Å². The fraction of sp³-hybridized carbons (Fsp3) is 0.273. The molecule has 9 heteroatoms. The van der Waals surface area contributed by atoms with Gasteiger partial charge >= 0.3 is 5.97 Å².